The molecule has 0 aliphatic carbocycles. The van der Waals surface area contributed by atoms with Gasteiger partial charge in [-0.3, -0.25) is 25.2 Å². The smallest absolute Gasteiger partial charge is 0.271 e. The molecule has 1 aliphatic heterocycles. The van der Waals surface area contributed by atoms with Crippen molar-refractivity contribution in [2.45, 2.75) is 6.42 Å². The highest BCUT2D eigenvalue weighted by atomic mass is 35.5. The van der Waals surface area contributed by atoms with Gasteiger partial charge in [0, 0.05) is 13.0 Å². The van der Waals surface area contributed by atoms with Crippen LogP contribution in [0.25, 0.3) is 0 Å². The highest BCUT2D eigenvalue weighted by Crippen LogP contribution is 2.30. The molecule has 1 fully saturated rings. The van der Waals surface area contributed by atoms with Crippen LogP contribution in [0.2, 0.25) is 10.0 Å². The van der Waals surface area contributed by atoms with E-state index in [1.54, 1.807) is 48.5 Å². The summed E-state index contributed by atoms with van der Waals surface area (Å²) in [5.41, 5.74) is 5.48. The Labute approximate surface area is 160 Å². The number of carbonyl (C=O) groups excluding carboxylic acids is 3. The molecule has 1 unspecified atom stereocenters. The maximum absolute atomic E-state index is 12.3. The summed E-state index contributed by atoms with van der Waals surface area (Å²) >= 11 is 12.1. The third-order valence-electron chi connectivity index (χ3n) is 4.06. The Kier molecular flexibility index (Phi) is 5.44. The van der Waals surface area contributed by atoms with E-state index in [0.29, 0.717) is 10.7 Å². The Balaban J connectivity index is 1.61. The Hall–Kier alpha value is -2.57. The van der Waals surface area contributed by atoms with Crippen LogP contribution in [0.3, 0.4) is 0 Å². The Bertz CT molecular complexity index is 872. The van der Waals surface area contributed by atoms with Crippen molar-refractivity contribution in [1.82, 2.24) is 10.9 Å². The van der Waals surface area contributed by atoms with Crippen LogP contribution in [0.1, 0.15) is 16.8 Å². The largest absolute Gasteiger partial charge is 0.310 e. The molecule has 1 saturated heterocycles. The SMILES string of the molecule is O=C(NNC(=O)C1CC(=O)N(c2ccccc2Cl)C1)c1ccccc1Cl. The zero-order valence-corrected chi connectivity index (χ0v) is 15.1. The fourth-order valence-electron chi connectivity index (χ4n) is 2.72. The standard InChI is InChI=1S/C18H15Cl2N3O3/c19-13-6-2-1-5-12(13)18(26)22-21-17(25)11-9-16(24)23(10-11)15-8-4-3-7-14(15)20/h1-8,11H,9-10H2,(H,21,25)(H,22,26). The van der Waals surface area contributed by atoms with Crippen LogP contribution in [0.5, 0.6) is 0 Å². The van der Waals surface area contributed by atoms with E-state index >= 15 is 0 Å². The molecule has 1 heterocycles. The number of nitrogens with one attached hydrogen (secondary N) is 2. The summed E-state index contributed by atoms with van der Waals surface area (Å²) in [5, 5.41) is 0.717. The van der Waals surface area contributed by atoms with Gasteiger partial charge in [0.05, 0.1) is 27.2 Å². The molecule has 1 atom stereocenters. The van der Waals surface area contributed by atoms with Crippen molar-refractivity contribution in [3.8, 4) is 0 Å². The van der Waals surface area contributed by atoms with Crippen LogP contribution in [0, 0.1) is 5.92 Å². The van der Waals surface area contributed by atoms with Gasteiger partial charge in [-0.25, -0.2) is 0 Å². The second kappa shape index (κ2) is 7.76. The first-order chi connectivity index (χ1) is 12.5. The predicted molar refractivity (Wildman–Crippen MR) is 99.0 cm³/mol. The van der Waals surface area contributed by atoms with E-state index < -0.39 is 17.7 Å². The van der Waals surface area contributed by atoms with E-state index in [0.717, 1.165) is 0 Å². The van der Waals surface area contributed by atoms with E-state index in [1.807, 2.05) is 0 Å². The lowest BCUT2D eigenvalue weighted by molar-refractivity contribution is -0.126. The molecule has 0 radical (unpaired) electrons. The number of halogens is 2. The lowest BCUT2D eigenvalue weighted by atomic mass is 10.1. The van der Waals surface area contributed by atoms with Gasteiger partial charge >= 0.3 is 0 Å². The number of benzene rings is 2. The van der Waals surface area contributed by atoms with Crippen LogP contribution >= 0.6 is 23.2 Å². The molecular weight excluding hydrogens is 377 g/mol. The maximum atomic E-state index is 12.3. The van der Waals surface area contributed by atoms with Crippen LogP contribution in [0.15, 0.2) is 48.5 Å². The van der Waals surface area contributed by atoms with Crippen LogP contribution in [-0.2, 0) is 9.59 Å². The molecule has 0 bridgehead atoms. The zero-order valence-electron chi connectivity index (χ0n) is 13.5. The molecule has 2 N–H and O–H groups in total. The normalized spacial score (nSPS) is 16.5. The van der Waals surface area contributed by atoms with Gasteiger partial charge in [0.1, 0.15) is 0 Å². The van der Waals surface area contributed by atoms with Crippen LogP contribution < -0.4 is 15.8 Å². The summed E-state index contributed by atoms with van der Waals surface area (Å²) in [4.78, 5) is 38.1. The molecule has 0 spiro atoms. The number of anilines is 1. The van der Waals surface area contributed by atoms with Gasteiger partial charge in [-0.15, -0.1) is 0 Å². The number of carbonyl (C=O) groups is 3. The van der Waals surface area contributed by atoms with E-state index in [1.165, 1.54) is 4.90 Å². The Morgan fingerprint density at radius 1 is 0.962 bits per heavy atom. The number of rotatable bonds is 3. The lowest BCUT2D eigenvalue weighted by Gasteiger charge is -2.18. The molecule has 3 rings (SSSR count). The van der Waals surface area contributed by atoms with Crippen molar-refractivity contribution in [1.29, 1.82) is 0 Å². The zero-order chi connectivity index (χ0) is 18.7. The monoisotopic (exact) mass is 391 g/mol. The molecule has 2 aromatic carbocycles. The van der Waals surface area contributed by atoms with E-state index in [9.17, 15) is 14.4 Å². The molecule has 0 saturated carbocycles. The highest BCUT2D eigenvalue weighted by Gasteiger charge is 2.36. The van der Waals surface area contributed by atoms with Gasteiger partial charge in [-0.1, -0.05) is 47.5 Å². The van der Waals surface area contributed by atoms with Gasteiger partial charge in [0.25, 0.3) is 5.91 Å². The third kappa shape index (κ3) is 3.81. The van der Waals surface area contributed by atoms with Gasteiger partial charge < -0.3 is 4.90 Å². The van der Waals surface area contributed by atoms with Gasteiger partial charge in [0.15, 0.2) is 0 Å². The summed E-state index contributed by atoms with van der Waals surface area (Å²) in [5.74, 6) is -1.77. The van der Waals surface area contributed by atoms with Gasteiger partial charge in [-0.05, 0) is 24.3 Å². The molecular formula is C18H15Cl2N3O3. The first-order valence-corrected chi connectivity index (χ1v) is 8.62. The van der Waals surface area contributed by atoms with Crippen molar-refractivity contribution in [3.05, 3.63) is 64.1 Å². The van der Waals surface area contributed by atoms with Crippen LogP contribution in [-0.4, -0.2) is 24.3 Å². The molecule has 0 aromatic heterocycles. The van der Waals surface area contributed by atoms with E-state index in [4.69, 9.17) is 23.2 Å². The summed E-state index contributed by atoms with van der Waals surface area (Å²) < 4.78 is 0. The first-order valence-electron chi connectivity index (χ1n) is 7.87. The second-order valence-corrected chi connectivity index (χ2v) is 6.59. The average molecular weight is 392 g/mol. The van der Waals surface area contributed by atoms with E-state index in [2.05, 4.69) is 10.9 Å². The van der Waals surface area contributed by atoms with Crippen molar-refractivity contribution in [2.24, 2.45) is 5.92 Å². The number of nitrogens with zero attached hydrogens (tertiary/aromatic N) is 1. The molecule has 26 heavy (non-hydrogen) atoms. The number of hydrazine groups is 1. The summed E-state index contributed by atoms with van der Waals surface area (Å²) in [6.07, 6.45) is 0.0407. The van der Waals surface area contributed by atoms with Crippen molar-refractivity contribution in [3.63, 3.8) is 0 Å². The van der Waals surface area contributed by atoms with Crippen molar-refractivity contribution < 1.29 is 14.4 Å². The predicted octanol–water partition coefficient (Wildman–Crippen LogP) is 2.81. The first kappa shape index (κ1) is 18.2. The third-order valence-corrected chi connectivity index (χ3v) is 4.71. The topological polar surface area (TPSA) is 78.5 Å². The minimum absolute atomic E-state index is 0.0407. The van der Waals surface area contributed by atoms with Crippen molar-refractivity contribution >= 4 is 46.6 Å². The van der Waals surface area contributed by atoms with Gasteiger partial charge in [0.2, 0.25) is 11.8 Å². The molecule has 2 aromatic rings. The molecule has 134 valence electrons. The molecule has 3 amide bonds. The Morgan fingerprint density at radius 3 is 2.31 bits per heavy atom. The summed E-state index contributed by atoms with van der Waals surface area (Å²) in [6, 6.07) is 13.4. The number of hydrogen-bond donors (Lipinski definition) is 2. The highest BCUT2D eigenvalue weighted by molar-refractivity contribution is 6.34. The Morgan fingerprint density at radius 2 is 1.62 bits per heavy atom. The molecule has 6 nitrogen and oxygen atoms in total. The number of para-hydroxylation sites is 1. The lowest BCUT2D eigenvalue weighted by Crippen LogP contribution is -2.45. The number of hydrogen-bond acceptors (Lipinski definition) is 3. The summed E-state index contributed by atoms with van der Waals surface area (Å²) in [7, 11) is 0. The van der Waals surface area contributed by atoms with Crippen molar-refractivity contribution in [2.75, 3.05) is 11.4 Å². The maximum Gasteiger partial charge on any atom is 0.271 e. The molecule has 1 aliphatic rings. The fraction of sp³-hybridized carbons (Fsp3) is 0.167. The minimum Gasteiger partial charge on any atom is -0.310 e. The average Bonchev–Trinajstić information content (AvgIpc) is 3.02. The molecule has 8 heteroatoms. The number of amides is 3. The van der Waals surface area contributed by atoms with Crippen LogP contribution in [0.4, 0.5) is 5.69 Å². The fourth-order valence-corrected chi connectivity index (χ4v) is 3.18. The minimum atomic E-state index is -0.592. The van der Waals surface area contributed by atoms with Gasteiger partial charge in [-0.2, -0.15) is 0 Å². The quantitative estimate of drug-likeness (QED) is 0.789. The summed E-state index contributed by atoms with van der Waals surface area (Å²) in [6.45, 7) is 0.191. The van der Waals surface area contributed by atoms with E-state index in [-0.39, 0.29) is 29.5 Å². The second-order valence-electron chi connectivity index (χ2n) is 5.78.